The summed E-state index contributed by atoms with van der Waals surface area (Å²) < 4.78 is 1.76. The summed E-state index contributed by atoms with van der Waals surface area (Å²) in [4.78, 5) is 8.44. The molecular formula is C12H11N5. The Bertz CT molecular complexity index is 669. The number of rotatable bonds is 1. The molecule has 5 heteroatoms. The maximum absolute atomic E-state index is 5.58. The summed E-state index contributed by atoms with van der Waals surface area (Å²) in [5.41, 5.74) is 9.31. The summed E-state index contributed by atoms with van der Waals surface area (Å²) in [6.45, 7) is 1.96. The zero-order valence-corrected chi connectivity index (χ0v) is 9.33. The Hall–Kier alpha value is -2.43. The highest BCUT2D eigenvalue weighted by atomic mass is 15.2. The van der Waals surface area contributed by atoms with Crippen LogP contribution in [0.5, 0.6) is 0 Å². The Morgan fingerprint density at radius 3 is 2.88 bits per heavy atom. The van der Waals surface area contributed by atoms with Gasteiger partial charge in [-0.25, -0.2) is 14.5 Å². The van der Waals surface area contributed by atoms with Crippen LogP contribution in [0.3, 0.4) is 0 Å². The van der Waals surface area contributed by atoms with Crippen molar-refractivity contribution in [2.24, 2.45) is 0 Å². The number of nitrogens with zero attached hydrogens (tertiary/aromatic N) is 4. The number of aromatic nitrogens is 4. The highest BCUT2D eigenvalue weighted by Gasteiger charge is 2.12. The molecule has 0 aliphatic carbocycles. The van der Waals surface area contributed by atoms with Gasteiger partial charge in [-0.2, -0.15) is 5.10 Å². The summed E-state index contributed by atoms with van der Waals surface area (Å²) in [6.07, 6.45) is 5.38. The molecule has 3 heterocycles. The molecule has 0 radical (unpaired) electrons. The van der Waals surface area contributed by atoms with Gasteiger partial charge in [-0.3, -0.25) is 0 Å². The third kappa shape index (κ3) is 1.52. The van der Waals surface area contributed by atoms with Gasteiger partial charge in [0, 0.05) is 24.2 Å². The molecular weight excluding hydrogens is 214 g/mol. The molecule has 0 saturated carbocycles. The van der Waals surface area contributed by atoms with E-state index >= 15 is 0 Å². The fourth-order valence-corrected chi connectivity index (χ4v) is 1.89. The molecule has 0 atom stereocenters. The lowest BCUT2D eigenvalue weighted by molar-refractivity contribution is 0.917. The SMILES string of the molecule is Cc1nn2cccnc2c1-c1ccc(N)nc1. The first-order valence-electron chi connectivity index (χ1n) is 5.27. The van der Waals surface area contributed by atoms with E-state index in [0.29, 0.717) is 5.82 Å². The Morgan fingerprint density at radius 1 is 1.24 bits per heavy atom. The highest BCUT2D eigenvalue weighted by Crippen LogP contribution is 2.26. The highest BCUT2D eigenvalue weighted by molar-refractivity contribution is 5.79. The summed E-state index contributed by atoms with van der Waals surface area (Å²) in [7, 11) is 0. The van der Waals surface area contributed by atoms with Crippen LogP contribution in [-0.4, -0.2) is 19.6 Å². The fourth-order valence-electron chi connectivity index (χ4n) is 1.89. The summed E-state index contributed by atoms with van der Waals surface area (Å²) in [6, 6.07) is 5.56. The Kier molecular flexibility index (Phi) is 2.04. The van der Waals surface area contributed by atoms with E-state index in [1.807, 2.05) is 25.3 Å². The van der Waals surface area contributed by atoms with Crippen LogP contribution in [0.4, 0.5) is 5.82 Å². The molecule has 5 nitrogen and oxygen atoms in total. The van der Waals surface area contributed by atoms with Crippen molar-refractivity contribution in [2.75, 3.05) is 5.73 Å². The van der Waals surface area contributed by atoms with Crippen molar-refractivity contribution in [3.05, 3.63) is 42.5 Å². The fraction of sp³-hybridized carbons (Fsp3) is 0.0833. The van der Waals surface area contributed by atoms with E-state index in [1.165, 1.54) is 0 Å². The van der Waals surface area contributed by atoms with Crippen LogP contribution in [0.2, 0.25) is 0 Å². The van der Waals surface area contributed by atoms with Crippen LogP contribution in [-0.2, 0) is 0 Å². The number of hydrogen-bond acceptors (Lipinski definition) is 4. The van der Waals surface area contributed by atoms with Crippen LogP contribution in [0.25, 0.3) is 16.8 Å². The van der Waals surface area contributed by atoms with E-state index in [2.05, 4.69) is 15.1 Å². The monoisotopic (exact) mass is 225 g/mol. The minimum Gasteiger partial charge on any atom is -0.384 e. The molecule has 0 unspecified atom stereocenters. The minimum atomic E-state index is 0.510. The van der Waals surface area contributed by atoms with Gasteiger partial charge in [-0.15, -0.1) is 0 Å². The quantitative estimate of drug-likeness (QED) is 0.684. The Morgan fingerprint density at radius 2 is 2.12 bits per heavy atom. The standard InChI is InChI=1S/C12H11N5/c1-8-11(9-3-4-10(13)15-7-9)12-14-5-2-6-17(12)16-8/h2-7H,1H3,(H2,13,15). The molecule has 17 heavy (non-hydrogen) atoms. The largest absolute Gasteiger partial charge is 0.384 e. The van der Waals surface area contributed by atoms with Crippen LogP contribution in [0, 0.1) is 6.92 Å². The average Bonchev–Trinajstić information content (AvgIpc) is 2.66. The van der Waals surface area contributed by atoms with Crippen LogP contribution in [0.15, 0.2) is 36.8 Å². The van der Waals surface area contributed by atoms with Gasteiger partial charge in [0.05, 0.1) is 11.3 Å². The molecule has 3 aromatic rings. The van der Waals surface area contributed by atoms with E-state index in [-0.39, 0.29) is 0 Å². The Balaban J connectivity index is 2.29. The zero-order chi connectivity index (χ0) is 11.8. The molecule has 0 amide bonds. The molecule has 0 fully saturated rings. The molecule has 0 bridgehead atoms. The van der Waals surface area contributed by atoms with Crippen molar-refractivity contribution < 1.29 is 0 Å². The first-order chi connectivity index (χ1) is 8.25. The molecule has 84 valence electrons. The summed E-state index contributed by atoms with van der Waals surface area (Å²) in [5.74, 6) is 0.510. The lowest BCUT2D eigenvalue weighted by Crippen LogP contribution is -1.90. The molecule has 3 aromatic heterocycles. The smallest absolute Gasteiger partial charge is 0.163 e. The van der Waals surface area contributed by atoms with E-state index < -0.39 is 0 Å². The molecule has 0 spiro atoms. The van der Waals surface area contributed by atoms with Gasteiger partial charge in [0.2, 0.25) is 0 Å². The molecule has 0 aromatic carbocycles. The van der Waals surface area contributed by atoms with Crippen molar-refractivity contribution >= 4 is 11.5 Å². The number of pyridine rings is 1. The maximum atomic E-state index is 5.58. The number of nitrogens with two attached hydrogens (primary N) is 1. The topological polar surface area (TPSA) is 69.1 Å². The van der Waals surface area contributed by atoms with Gasteiger partial charge < -0.3 is 5.73 Å². The normalized spacial score (nSPS) is 10.9. The third-order valence-electron chi connectivity index (χ3n) is 2.65. The molecule has 0 saturated heterocycles. The predicted octanol–water partition coefficient (Wildman–Crippen LogP) is 1.68. The summed E-state index contributed by atoms with van der Waals surface area (Å²) >= 11 is 0. The molecule has 2 N–H and O–H groups in total. The first kappa shape index (κ1) is 9.77. The minimum absolute atomic E-state index is 0.510. The third-order valence-corrected chi connectivity index (χ3v) is 2.65. The van der Waals surface area contributed by atoms with Crippen molar-refractivity contribution in [1.82, 2.24) is 19.6 Å². The Labute approximate surface area is 97.9 Å². The number of anilines is 1. The van der Waals surface area contributed by atoms with Crippen LogP contribution in [0.1, 0.15) is 5.69 Å². The van der Waals surface area contributed by atoms with E-state index in [0.717, 1.165) is 22.5 Å². The first-order valence-corrected chi connectivity index (χ1v) is 5.27. The van der Waals surface area contributed by atoms with Crippen molar-refractivity contribution in [2.45, 2.75) is 6.92 Å². The van der Waals surface area contributed by atoms with Crippen LogP contribution >= 0.6 is 0 Å². The molecule has 0 aliphatic heterocycles. The van der Waals surface area contributed by atoms with E-state index in [9.17, 15) is 0 Å². The average molecular weight is 225 g/mol. The van der Waals surface area contributed by atoms with Gasteiger partial charge in [0.25, 0.3) is 0 Å². The maximum Gasteiger partial charge on any atom is 0.163 e. The second kappa shape index (κ2) is 3.55. The second-order valence-corrected chi connectivity index (χ2v) is 3.82. The lowest BCUT2D eigenvalue weighted by atomic mass is 10.1. The van der Waals surface area contributed by atoms with Crippen molar-refractivity contribution in [1.29, 1.82) is 0 Å². The number of fused-ring (bicyclic) bond motifs is 1. The lowest BCUT2D eigenvalue weighted by Gasteiger charge is -2.00. The van der Waals surface area contributed by atoms with Crippen molar-refractivity contribution in [3.63, 3.8) is 0 Å². The second-order valence-electron chi connectivity index (χ2n) is 3.82. The molecule has 0 aliphatic rings. The summed E-state index contributed by atoms with van der Waals surface area (Å²) in [5, 5.41) is 4.41. The van der Waals surface area contributed by atoms with Gasteiger partial charge in [-0.05, 0) is 25.1 Å². The molecule has 3 rings (SSSR count). The van der Waals surface area contributed by atoms with Crippen molar-refractivity contribution in [3.8, 4) is 11.1 Å². The zero-order valence-electron chi connectivity index (χ0n) is 9.33. The number of aryl methyl sites for hydroxylation is 1. The van der Waals surface area contributed by atoms with E-state index in [4.69, 9.17) is 5.73 Å². The predicted molar refractivity (Wildman–Crippen MR) is 65.4 cm³/mol. The van der Waals surface area contributed by atoms with Gasteiger partial charge in [-0.1, -0.05) is 0 Å². The number of nitrogen functional groups attached to an aromatic ring is 1. The van der Waals surface area contributed by atoms with Gasteiger partial charge in [0.1, 0.15) is 5.82 Å². The van der Waals surface area contributed by atoms with Gasteiger partial charge in [0.15, 0.2) is 5.65 Å². The van der Waals surface area contributed by atoms with Crippen LogP contribution < -0.4 is 5.73 Å². The van der Waals surface area contributed by atoms with Gasteiger partial charge >= 0.3 is 0 Å². The van der Waals surface area contributed by atoms with E-state index in [1.54, 1.807) is 23.0 Å². The number of hydrogen-bond donors (Lipinski definition) is 1.